The Morgan fingerprint density at radius 2 is 0.667 bits per heavy atom. The van der Waals surface area contributed by atoms with Crippen LogP contribution in [0, 0.1) is 40.8 Å². The maximum Gasteiger partial charge on any atom is 0.408 e. The number of rotatable bonds is 57. The first-order valence-corrected chi connectivity index (χ1v) is 52.8. The molecule has 0 aliphatic rings. The number of halogens is 6. The first-order valence-electron chi connectivity index (χ1n) is 47.6. The third kappa shape index (κ3) is 43.1. The highest BCUT2D eigenvalue weighted by atomic mass is 32.2. The molecular weight excluding hydrogens is 1860 g/mol. The monoisotopic (exact) mass is 2000 g/mol. The van der Waals surface area contributed by atoms with Gasteiger partial charge in [-0.3, -0.25) is 19.2 Å². The molecule has 0 aliphatic heterocycles. The number of aliphatic hydroxyl groups is 3. The number of aryl methyl sites for hydroxylation is 2. The van der Waals surface area contributed by atoms with E-state index in [4.69, 9.17) is 26.7 Å². The Balaban J connectivity index is 0.000000434. The lowest BCUT2D eigenvalue weighted by molar-refractivity contribution is -0.136. The van der Waals surface area contributed by atoms with Crippen LogP contribution in [0.5, 0.6) is 0 Å². The summed E-state index contributed by atoms with van der Waals surface area (Å²) in [6.07, 6.45) is 0.610. The summed E-state index contributed by atoms with van der Waals surface area (Å²) in [6.45, 7) is 21.8. The minimum Gasteiger partial charge on any atom is -0.453 e. The first-order chi connectivity index (χ1) is 65.2. The highest BCUT2D eigenvalue weighted by molar-refractivity contribution is 7.92. The summed E-state index contributed by atoms with van der Waals surface area (Å²) in [4.78, 5) is 98.3. The van der Waals surface area contributed by atoms with Crippen LogP contribution in [0.15, 0.2) is 133 Å². The summed E-state index contributed by atoms with van der Waals surface area (Å²) >= 11 is 0. The molecule has 6 aromatic carbocycles. The van der Waals surface area contributed by atoms with Gasteiger partial charge in [-0.25, -0.2) is 66.0 Å². The van der Waals surface area contributed by atoms with Crippen LogP contribution in [0.25, 0.3) is 0 Å². The maximum absolute atomic E-state index is 14.4. The molecule has 0 saturated carbocycles. The van der Waals surface area contributed by atoms with Gasteiger partial charge in [-0.05, 0) is 178 Å². The fourth-order valence-electron chi connectivity index (χ4n) is 15.8. The van der Waals surface area contributed by atoms with E-state index in [2.05, 4.69) is 20.7 Å². The molecule has 772 valence electrons. The fraction of sp³-hybridized carbons (Fsp3) is 0.570. The average molecular weight is 2000 g/mol. The van der Waals surface area contributed by atoms with Crippen LogP contribution < -0.4 is 33.2 Å². The molecule has 29 nitrogen and oxygen atoms in total. The van der Waals surface area contributed by atoms with E-state index in [-0.39, 0.29) is 81.2 Å². The Kier molecular flexibility index (Phi) is 53.9. The summed E-state index contributed by atoms with van der Waals surface area (Å²) in [5.74, 6) is -9.34. The molecule has 7 amide bonds. The number of nitrogens with one attached hydrogen (secondary N) is 3. The molecule has 0 aliphatic carbocycles. The number of alkyl carbamates (subject to hydrolysis) is 3. The molecule has 0 radical (unpaired) electrons. The van der Waals surface area contributed by atoms with Crippen LogP contribution >= 0.6 is 0 Å². The molecule has 6 aromatic rings. The Bertz CT molecular complexity index is 5040. The normalized spacial score (nSPS) is 13.7. The van der Waals surface area contributed by atoms with E-state index in [1.807, 2.05) is 112 Å². The smallest absolute Gasteiger partial charge is 0.408 e. The highest BCUT2D eigenvalue weighted by Gasteiger charge is 2.41. The van der Waals surface area contributed by atoms with Gasteiger partial charge in [0.25, 0.3) is 5.91 Å². The van der Waals surface area contributed by atoms with Crippen LogP contribution in [-0.2, 0) is 115 Å². The van der Waals surface area contributed by atoms with Crippen molar-refractivity contribution in [1.82, 2.24) is 35.6 Å². The van der Waals surface area contributed by atoms with Crippen LogP contribution in [0.3, 0.4) is 0 Å². The summed E-state index contributed by atoms with van der Waals surface area (Å²) in [5.41, 5.74) is 23.4. The molecule has 0 spiro atoms. The van der Waals surface area contributed by atoms with E-state index in [1.165, 1.54) is 19.6 Å². The van der Waals surface area contributed by atoms with Gasteiger partial charge in [-0.2, -0.15) is 0 Å². The summed E-state index contributed by atoms with van der Waals surface area (Å²) in [7, 11) is -10.5. The number of sulfone groups is 3. The molecule has 138 heavy (non-hydrogen) atoms. The van der Waals surface area contributed by atoms with E-state index in [9.17, 15) is 100 Å². The molecule has 6 rings (SSSR count). The van der Waals surface area contributed by atoms with Crippen molar-refractivity contribution >= 4 is 71.4 Å². The van der Waals surface area contributed by atoms with Crippen LogP contribution in [-0.4, -0.2) is 243 Å². The number of nitrogens with zero attached hydrogens (tertiary/aromatic N) is 4. The molecular formula is C100H148F6N10O19S3. The molecule has 38 heteroatoms. The predicted molar refractivity (Wildman–Crippen MR) is 522 cm³/mol. The van der Waals surface area contributed by atoms with Crippen molar-refractivity contribution in [2.24, 2.45) is 23.1 Å². The third-order valence-corrected chi connectivity index (χ3v) is 30.2. The zero-order valence-corrected chi connectivity index (χ0v) is 84.5. The van der Waals surface area contributed by atoms with Crippen molar-refractivity contribution in [3.63, 3.8) is 0 Å². The van der Waals surface area contributed by atoms with Gasteiger partial charge in [0.15, 0.2) is 36.1 Å². The third-order valence-electron chi connectivity index (χ3n) is 23.3. The zero-order valence-electron chi connectivity index (χ0n) is 82.0. The second-order valence-corrected chi connectivity index (χ2v) is 42.2. The van der Waals surface area contributed by atoms with Gasteiger partial charge in [-0.1, -0.05) is 187 Å². The predicted octanol–water partition coefficient (Wildman–Crippen LogP) is 12.8. The van der Waals surface area contributed by atoms with Gasteiger partial charge < -0.3 is 82.3 Å². The van der Waals surface area contributed by atoms with Crippen molar-refractivity contribution in [3.8, 4) is 0 Å². The number of hydrogen-bond donors (Lipinski definition) is 9. The molecule has 0 unspecified atom stereocenters. The summed E-state index contributed by atoms with van der Waals surface area (Å²) in [5, 5.41) is 38.4. The Hall–Kier alpha value is -9.80. The number of hydrogen-bond acceptors (Lipinski definition) is 22. The van der Waals surface area contributed by atoms with E-state index in [0.29, 0.717) is 120 Å². The van der Waals surface area contributed by atoms with E-state index < -0.39 is 207 Å². The SMILES string of the molecule is CCCC(CCC)S(=O)(=O)C[C@@H](NC(=O)OC)C(=O)N(Cc1cccc(CC)c1)C[C@@H](O)[C@@H](N)Cc1cc(F)cc(F)c1.CCCC(CCC)S(=O)(=O)C[C@@H](NC(=O)OCC(=O)N(CC)CC)C(=O)N(Cc1cccc(CC)c1)C[C@@H](O)[C@@H](N)Cc1cc(F)cc(F)c1.CCCC(CCC)S(=O)(=O)C[C@@H](NC(=O)OCc1ccccc1)C(=O)N(CCC(C)C)C[C@@H](O)[C@@H](N)Cc1cc(F)cc(F)c1. The average Bonchev–Trinajstić information content (AvgIpc) is 0.844. The second-order valence-electron chi connectivity index (χ2n) is 35.3. The minimum absolute atomic E-state index is 0.0161. The maximum atomic E-state index is 14.4. The molecule has 0 saturated heterocycles. The van der Waals surface area contributed by atoms with Crippen molar-refractivity contribution in [2.75, 3.05) is 70.2 Å². The number of ether oxygens (including phenoxy) is 3. The van der Waals surface area contributed by atoms with Gasteiger partial charge >= 0.3 is 18.3 Å². The first kappa shape index (κ1) is 121. The van der Waals surface area contributed by atoms with Gasteiger partial charge in [0, 0.05) is 88.7 Å². The summed E-state index contributed by atoms with van der Waals surface area (Å²) < 4.78 is 179. The number of carbonyl (C=O) groups is 7. The van der Waals surface area contributed by atoms with Gasteiger partial charge in [0.1, 0.15) is 59.6 Å². The lowest BCUT2D eigenvalue weighted by Gasteiger charge is -2.32. The Labute approximate surface area is 812 Å². The topological polar surface area (TPSA) is 437 Å². The molecule has 12 N–H and O–H groups in total. The van der Waals surface area contributed by atoms with Gasteiger partial charge in [-0.15, -0.1) is 0 Å². The molecule has 9 atom stereocenters. The number of aliphatic hydroxyl groups excluding tert-OH is 3. The standard InChI is InChI=1S/C36H54F2N4O7S.C33H49F2N3O6S.C31H45F2N3O6S/c1-6-12-30(13-7-2)50(47,48)24-32(40-36(46)49-23-34(44)41(9-4)10-5)35(45)42(21-26-15-11-14-25(8-3)16-26)22-33(43)31(39)19-27-17-28(37)20-29(38)18-27;1-5-10-28(11-6-2)45(42,43)22-30(37-33(41)44-21-24-12-8-7-9-13-24)32(40)38(15-14-23(3)4)20-31(39)29(36)18-25-16-26(34)19-27(35)17-25;1-5-9-26(10-6-2)43(40,41)20-28(35-31(39)42-4)30(38)36(18-22-12-8-11-21(7-3)13-22)19-29(37)27(34)16-23-14-24(32)17-25(33)15-23/h11,14-18,20,30-33,43H,6-10,12-13,19,21-24,39H2,1-5H3,(H,40,46);7-9,12-13,16-17,19,23,28-31,39H,5-6,10-11,14-15,18,20-22,36H2,1-4H3,(H,37,41);8,11-15,17,26-29,37H,5-7,9-10,16,18-20,34H2,1-4H3,(H,35,39)/t31-,32+,33+;29-,30+,31+;27-,28+,29+/m000/s1. The highest BCUT2D eigenvalue weighted by Crippen LogP contribution is 2.26. The van der Waals surface area contributed by atoms with Crippen LogP contribution in [0.2, 0.25) is 0 Å². The van der Waals surface area contributed by atoms with Crippen molar-refractivity contribution in [2.45, 2.75) is 289 Å². The Morgan fingerprint density at radius 1 is 0.370 bits per heavy atom. The molecule has 0 fully saturated rings. The van der Waals surface area contributed by atoms with Crippen LogP contribution in [0.1, 0.15) is 211 Å². The minimum atomic E-state index is -3.95. The van der Waals surface area contributed by atoms with Gasteiger partial charge in [0.2, 0.25) is 17.7 Å². The van der Waals surface area contributed by atoms with Crippen molar-refractivity contribution < 1.29 is 115 Å². The number of carbonyl (C=O) groups excluding carboxylic acids is 7. The number of benzene rings is 6. The molecule has 0 aromatic heterocycles. The fourth-order valence-corrected chi connectivity index (χ4v) is 22.3. The van der Waals surface area contributed by atoms with E-state index >= 15 is 0 Å². The number of methoxy groups -OCH3 is 1. The van der Waals surface area contributed by atoms with Crippen LogP contribution in [0.4, 0.5) is 40.7 Å². The number of likely N-dealkylation sites (N-methyl/N-ethyl adjacent to an activating group) is 1. The van der Waals surface area contributed by atoms with Gasteiger partial charge in [0.05, 0.1) is 58.4 Å². The van der Waals surface area contributed by atoms with E-state index in [1.54, 1.807) is 50.2 Å². The lowest BCUT2D eigenvalue weighted by atomic mass is 10.0. The molecule has 0 heterocycles. The van der Waals surface area contributed by atoms with E-state index in [0.717, 1.165) is 78.8 Å². The Morgan fingerprint density at radius 3 is 0.971 bits per heavy atom. The number of amides is 7. The molecule has 0 bridgehead atoms. The zero-order chi connectivity index (χ0) is 103. The quantitative estimate of drug-likeness (QED) is 0.0126. The van der Waals surface area contributed by atoms with Crippen molar-refractivity contribution in [1.29, 1.82) is 0 Å². The number of nitrogens with two attached hydrogens (primary N) is 3. The summed E-state index contributed by atoms with van der Waals surface area (Å²) in [6, 6.07) is 24.8. The second kappa shape index (κ2) is 61.7. The lowest BCUT2D eigenvalue weighted by Crippen LogP contribution is -2.55. The largest absolute Gasteiger partial charge is 0.453 e. The van der Waals surface area contributed by atoms with Crippen molar-refractivity contribution in [3.05, 3.63) is 213 Å².